The predicted octanol–water partition coefficient (Wildman–Crippen LogP) is 2.91. The van der Waals surface area contributed by atoms with Crippen LogP contribution in [0.25, 0.3) is 0 Å². The number of hydrogen-bond acceptors (Lipinski definition) is 2. The van der Waals surface area contributed by atoms with Crippen LogP contribution in [-0.2, 0) is 6.42 Å². The van der Waals surface area contributed by atoms with E-state index in [0.717, 1.165) is 24.3 Å². The minimum Gasteiger partial charge on any atom is -0.384 e. The normalized spacial score (nSPS) is 12.7. The van der Waals surface area contributed by atoms with Crippen molar-refractivity contribution < 1.29 is 4.79 Å². The van der Waals surface area contributed by atoms with E-state index in [1.807, 2.05) is 30.3 Å². The minimum absolute atomic E-state index is 0.0754. The lowest BCUT2D eigenvalue weighted by molar-refractivity contribution is 0.102. The van der Waals surface area contributed by atoms with Crippen molar-refractivity contribution in [3.8, 4) is 0 Å². The van der Waals surface area contributed by atoms with Crippen LogP contribution in [0.4, 0.5) is 11.4 Å². The average molecular weight is 238 g/mol. The van der Waals surface area contributed by atoms with Gasteiger partial charge in [-0.1, -0.05) is 24.3 Å². The molecule has 3 rings (SSSR count). The molecule has 1 aliphatic heterocycles. The summed E-state index contributed by atoms with van der Waals surface area (Å²) in [5.41, 5.74) is 3.94. The van der Waals surface area contributed by atoms with Crippen LogP contribution in [0.1, 0.15) is 15.9 Å². The number of fused-ring (bicyclic) bond motifs is 1. The Balaban J connectivity index is 1.79. The first-order valence-electron chi connectivity index (χ1n) is 6.06. The Hall–Kier alpha value is -2.29. The summed E-state index contributed by atoms with van der Waals surface area (Å²) in [6, 6.07) is 15.2. The topological polar surface area (TPSA) is 41.1 Å². The van der Waals surface area contributed by atoms with Gasteiger partial charge >= 0.3 is 0 Å². The molecule has 0 aliphatic carbocycles. The quantitative estimate of drug-likeness (QED) is 0.844. The summed E-state index contributed by atoms with van der Waals surface area (Å²) in [4.78, 5) is 12.0. The van der Waals surface area contributed by atoms with E-state index in [-0.39, 0.29) is 5.91 Å². The zero-order valence-electron chi connectivity index (χ0n) is 9.94. The van der Waals surface area contributed by atoms with Crippen molar-refractivity contribution in [3.63, 3.8) is 0 Å². The third-order valence-corrected chi connectivity index (χ3v) is 3.11. The second-order valence-electron chi connectivity index (χ2n) is 4.37. The number of benzene rings is 2. The molecule has 0 atom stereocenters. The molecule has 0 bridgehead atoms. The summed E-state index contributed by atoms with van der Waals surface area (Å²) in [5, 5.41) is 6.21. The molecule has 1 heterocycles. The number of carbonyl (C=O) groups excluding carboxylic acids is 1. The SMILES string of the molecule is O=C(Nc1ccc2c(c1)NCC2)c1ccccc1. The second kappa shape index (κ2) is 4.53. The monoisotopic (exact) mass is 238 g/mol. The first-order chi connectivity index (χ1) is 8.83. The average Bonchev–Trinajstić information content (AvgIpc) is 2.87. The highest BCUT2D eigenvalue weighted by atomic mass is 16.1. The van der Waals surface area contributed by atoms with Crippen LogP contribution in [0.2, 0.25) is 0 Å². The molecular formula is C15H14N2O. The summed E-state index contributed by atoms with van der Waals surface area (Å²) in [5.74, 6) is -0.0754. The third-order valence-electron chi connectivity index (χ3n) is 3.11. The van der Waals surface area contributed by atoms with E-state index in [1.54, 1.807) is 12.1 Å². The fourth-order valence-corrected chi connectivity index (χ4v) is 2.16. The van der Waals surface area contributed by atoms with Crippen molar-refractivity contribution in [1.82, 2.24) is 0 Å². The minimum atomic E-state index is -0.0754. The van der Waals surface area contributed by atoms with Crippen LogP contribution in [0.3, 0.4) is 0 Å². The van der Waals surface area contributed by atoms with Gasteiger partial charge < -0.3 is 10.6 Å². The maximum absolute atomic E-state index is 12.0. The molecule has 0 saturated heterocycles. The van der Waals surface area contributed by atoms with Crippen LogP contribution >= 0.6 is 0 Å². The van der Waals surface area contributed by atoms with E-state index >= 15 is 0 Å². The first-order valence-corrected chi connectivity index (χ1v) is 6.06. The van der Waals surface area contributed by atoms with Crippen LogP contribution in [-0.4, -0.2) is 12.5 Å². The van der Waals surface area contributed by atoms with E-state index in [2.05, 4.69) is 16.7 Å². The molecule has 2 aromatic rings. The van der Waals surface area contributed by atoms with Gasteiger partial charge in [-0.2, -0.15) is 0 Å². The fourth-order valence-electron chi connectivity index (χ4n) is 2.16. The van der Waals surface area contributed by atoms with E-state index in [1.165, 1.54) is 5.56 Å². The predicted molar refractivity (Wildman–Crippen MR) is 73.0 cm³/mol. The Morgan fingerprint density at radius 3 is 2.78 bits per heavy atom. The largest absolute Gasteiger partial charge is 0.384 e. The highest BCUT2D eigenvalue weighted by Gasteiger charge is 2.11. The molecule has 3 nitrogen and oxygen atoms in total. The zero-order valence-corrected chi connectivity index (χ0v) is 9.94. The van der Waals surface area contributed by atoms with Crippen LogP contribution in [0.5, 0.6) is 0 Å². The van der Waals surface area contributed by atoms with Gasteiger partial charge in [0.25, 0.3) is 5.91 Å². The molecule has 90 valence electrons. The van der Waals surface area contributed by atoms with Gasteiger partial charge in [0.15, 0.2) is 0 Å². The van der Waals surface area contributed by atoms with Gasteiger partial charge in [-0.3, -0.25) is 4.79 Å². The standard InChI is InChI=1S/C15H14N2O/c18-15(12-4-2-1-3-5-12)17-13-7-6-11-8-9-16-14(11)10-13/h1-7,10,16H,8-9H2,(H,17,18). The van der Waals surface area contributed by atoms with Crippen molar-refractivity contribution >= 4 is 17.3 Å². The van der Waals surface area contributed by atoms with Crippen molar-refractivity contribution in [3.05, 3.63) is 59.7 Å². The van der Waals surface area contributed by atoms with Crippen LogP contribution in [0, 0.1) is 0 Å². The van der Waals surface area contributed by atoms with E-state index in [0.29, 0.717) is 5.56 Å². The van der Waals surface area contributed by atoms with Gasteiger partial charge in [-0.15, -0.1) is 0 Å². The molecule has 1 aliphatic rings. The highest BCUT2D eigenvalue weighted by molar-refractivity contribution is 6.04. The summed E-state index contributed by atoms with van der Waals surface area (Å²) < 4.78 is 0. The smallest absolute Gasteiger partial charge is 0.255 e. The molecule has 3 heteroatoms. The fraction of sp³-hybridized carbons (Fsp3) is 0.133. The first kappa shape index (κ1) is 10.8. The van der Waals surface area contributed by atoms with E-state index in [9.17, 15) is 4.79 Å². The van der Waals surface area contributed by atoms with Gasteiger partial charge in [0.05, 0.1) is 0 Å². The van der Waals surface area contributed by atoms with Crippen molar-refractivity contribution in [1.29, 1.82) is 0 Å². The molecule has 0 radical (unpaired) electrons. The molecule has 18 heavy (non-hydrogen) atoms. The highest BCUT2D eigenvalue weighted by Crippen LogP contribution is 2.25. The number of hydrogen-bond donors (Lipinski definition) is 2. The number of carbonyl (C=O) groups is 1. The van der Waals surface area contributed by atoms with Crippen molar-refractivity contribution in [2.75, 3.05) is 17.2 Å². The molecule has 0 saturated carbocycles. The number of anilines is 2. The Kier molecular flexibility index (Phi) is 2.73. The zero-order chi connectivity index (χ0) is 12.4. The summed E-state index contributed by atoms with van der Waals surface area (Å²) >= 11 is 0. The van der Waals surface area contributed by atoms with Gasteiger partial charge in [-0.25, -0.2) is 0 Å². The Bertz CT molecular complexity index is 578. The van der Waals surface area contributed by atoms with Crippen LogP contribution < -0.4 is 10.6 Å². The molecule has 0 aromatic heterocycles. The molecule has 0 fully saturated rings. The van der Waals surface area contributed by atoms with E-state index in [4.69, 9.17) is 0 Å². The lowest BCUT2D eigenvalue weighted by Crippen LogP contribution is -2.11. The van der Waals surface area contributed by atoms with Gasteiger partial charge in [0.1, 0.15) is 0 Å². The second-order valence-corrected chi connectivity index (χ2v) is 4.37. The summed E-state index contributed by atoms with van der Waals surface area (Å²) in [6.07, 6.45) is 1.06. The Morgan fingerprint density at radius 1 is 1.11 bits per heavy atom. The van der Waals surface area contributed by atoms with Gasteiger partial charge in [-0.05, 0) is 36.2 Å². The molecule has 2 N–H and O–H groups in total. The van der Waals surface area contributed by atoms with Crippen molar-refractivity contribution in [2.45, 2.75) is 6.42 Å². The van der Waals surface area contributed by atoms with Crippen molar-refractivity contribution in [2.24, 2.45) is 0 Å². The lowest BCUT2D eigenvalue weighted by Gasteiger charge is -2.07. The number of rotatable bonds is 2. The maximum Gasteiger partial charge on any atom is 0.255 e. The molecule has 1 amide bonds. The molecule has 2 aromatic carbocycles. The molecular weight excluding hydrogens is 224 g/mol. The van der Waals surface area contributed by atoms with Crippen LogP contribution in [0.15, 0.2) is 48.5 Å². The lowest BCUT2D eigenvalue weighted by atomic mass is 10.1. The Labute approximate surface area is 106 Å². The summed E-state index contributed by atoms with van der Waals surface area (Å²) in [6.45, 7) is 0.978. The van der Waals surface area contributed by atoms with Gasteiger partial charge in [0.2, 0.25) is 0 Å². The van der Waals surface area contributed by atoms with Gasteiger partial charge in [0, 0.05) is 23.5 Å². The number of amides is 1. The molecule has 0 spiro atoms. The van der Waals surface area contributed by atoms with E-state index < -0.39 is 0 Å². The molecule has 0 unspecified atom stereocenters. The Morgan fingerprint density at radius 2 is 1.94 bits per heavy atom. The summed E-state index contributed by atoms with van der Waals surface area (Å²) in [7, 11) is 0. The number of nitrogens with one attached hydrogen (secondary N) is 2. The maximum atomic E-state index is 12.0. The third kappa shape index (κ3) is 2.07.